The van der Waals surface area contributed by atoms with Crippen LogP contribution in [-0.4, -0.2) is 25.0 Å². The van der Waals surface area contributed by atoms with Gasteiger partial charge in [0.2, 0.25) is 5.91 Å². The summed E-state index contributed by atoms with van der Waals surface area (Å²) in [6.45, 7) is 0. The maximum Gasteiger partial charge on any atom is 0.483 e. The van der Waals surface area contributed by atoms with Crippen molar-refractivity contribution in [3.05, 3.63) is 23.8 Å². The third kappa shape index (κ3) is 3.28. The van der Waals surface area contributed by atoms with E-state index in [-0.39, 0.29) is 11.3 Å². The highest BCUT2D eigenvalue weighted by atomic mass is 19.3. The van der Waals surface area contributed by atoms with Crippen LogP contribution in [0, 0.1) is 0 Å². The summed E-state index contributed by atoms with van der Waals surface area (Å²) in [6, 6.07) is 3.28. The molecule has 0 aliphatic heterocycles. The van der Waals surface area contributed by atoms with Crippen molar-refractivity contribution in [1.82, 2.24) is 5.43 Å². The summed E-state index contributed by atoms with van der Waals surface area (Å²) < 4.78 is 35.4. The van der Waals surface area contributed by atoms with E-state index in [1.54, 1.807) is 0 Å². The number of amides is 2. The Morgan fingerprint density at radius 2 is 1.95 bits per heavy atom. The van der Waals surface area contributed by atoms with E-state index >= 15 is 0 Å². The molecule has 0 spiro atoms. The fourth-order valence-electron chi connectivity index (χ4n) is 1.17. The Morgan fingerprint density at radius 1 is 1.32 bits per heavy atom. The van der Waals surface area contributed by atoms with Crippen LogP contribution >= 0.6 is 0 Å². The smallest absolute Gasteiger partial charge is 0.483 e. The number of hydrazine groups is 1. The Hall–Kier alpha value is -2.42. The van der Waals surface area contributed by atoms with Crippen LogP contribution in [0.15, 0.2) is 18.2 Å². The van der Waals surface area contributed by atoms with E-state index in [0.29, 0.717) is 0 Å². The van der Waals surface area contributed by atoms with Gasteiger partial charge in [-0.2, -0.15) is 8.78 Å². The average Bonchev–Trinajstić information content (AvgIpc) is 2.37. The molecule has 1 aromatic rings. The van der Waals surface area contributed by atoms with Crippen molar-refractivity contribution in [3.8, 4) is 11.5 Å². The van der Waals surface area contributed by atoms with Crippen LogP contribution in [0.3, 0.4) is 0 Å². The molecule has 0 radical (unpaired) electrons. The van der Waals surface area contributed by atoms with E-state index in [1.807, 2.05) is 0 Å². The summed E-state index contributed by atoms with van der Waals surface area (Å²) in [5, 5.41) is 0. The molecule has 1 rings (SSSR count). The van der Waals surface area contributed by atoms with E-state index in [0.717, 1.165) is 18.2 Å². The number of benzene rings is 1. The number of ether oxygens (including phenoxy) is 2. The predicted molar refractivity (Wildman–Crippen MR) is 59.4 cm³/mol. The minimum Gasteiger partial charge on any atom is -0.493 e. The number of halogens is 2. The number of carbonyl (C=O) groups is 2. The molecule has 0 heterocycles. The largest absolute Gasteiger partial charge is 0.493 e. The van der Waals surface area contributed by atoms with Gasteiger partial charge in [-0.05, 0) is 18.2 Å². The van der Waals surface area contributed by atoms with E-state index < -0.39 is 23.7 Å². The number of primary amides is 1. The topological polar surface area (TPSA) is 117 Å². The molecule has 9 heteroatoms. The molecule has 104 valence electrons. The monoisotopic (exact) mass is 275 g/mol. The van der Waals surface area contributed by atoms with Gasteiger partial charge in [-0.1, -0.05) is 0 Å². The minimum atomic E-state index is -4.18. The van der Waals surface area contributed by atoms with E-state index in [2.05, 4.69) is 10.6 Å². The van der Waals surface area contributed by atoms with E-state index in [1.165, 1.54) is 12.5 Å². The normalized spacial score (nSPS) is 10.7. The first-order chi connectivity index (χ1) is 8.81. The number of carbonyl (C=O) groups excluding carboxylic acids is 2. The molecular formula is C10H11F2N3O4. The molecule has 0 saturated heterocycles. The lowest BCUT2D eigenvalue weighted by Gasteiger charge is -2.17. The quantitative estimate of drug-likeness (QED) is 0.389. The Kier molecular flexibility index (Phi) is 4.22. The molecule has 0 unspecified atom stereocenters. The third-order valence-corrected chi connectivity index (χ3v) is 2.08. The number of nitrogens with two attached hydrogens (primary N) is 2. The fourth-order valence-corrected chi connectivity index (χ4v) is 1.17. The average molecular weight is 275 g/mol. The van der Waals surface area contributed by atoms with Crippen LogP contribution in [-0.2, 0) is 4.79 Å². The lowest BCUT2D eigenvalue weighted by Crippen LogP contribution is -2.47. The summed E-state index contributed by atoms with van der Waals surface area (Å²) in [6.07, 6.45) is -4.18. The first-order valence-corrected chi connectivity index (χ1v) is 4.87. The van der Waals surface area contributed by atoms with Crippen LogP contribution in [0.5, 0.6) is 11.5 Å². The molecular weight excluding hydrogens is 264 g/mol. The van der Waals surface area contributed by atoms with Gasteiger partial charge >= 0.3 is 12.0 Å². The second kappa shape index (κ2) is 5.48. The van der Waals surface area contributed by atoms with Gasteiger partial charge in [0, 0.05) is 5.56 Å². The van der Waals surface area contributed by atoms with Gasteiger partial charge in [0.1, 0.15) is 0 Å². The van der Waals surface area contributed by atoms with Crippen molar-refractivity contribution < 1.29 is 27.8 Å². The van der Waals surface area contributed by atoms with Crippen LogP contribution < -0.4 is 26.5 Å². The molecule has 5 N–H and O–H groups in total. The summed E-state index contributed by atoms with van der Waals surface area (Å²) >= 11 is 0. The van der Waals surface area contributed by atoms with Crippen molar-refractivity contribution in [2.24, 2.45) is 11.6 Å². The zero-order valence-corrected chi connectivity index (χ0v) is 9.78. The van der Waals surface area contributed by atoms with Gasteiger partial charge in [0.15, 0.2) is 11.5 Å². The standard InChI is InChI=1S/C10H11F2N3O4/c1-18-7-4-5(8(13)16)2-3-6(7)19-10(11,12)9(17)15-14/h2-4H,14H2,1H3,(H2,13,16)(H,15,17). The third-order valence-electron chi connectivity index (χ3n) is 2.08. The zero-order valence-electron chi connectivity index (χ0n) is 9.78. The Morgan fingerprint density at radius 3 is 2.42 bits per heavy atom. The highest BCUT2D eigenvalue weighted by molar-refractivity contribution is 5.93. The van der Waals surface area contributed by atoms with Gasteiger partial charge in [-0.15, -0.1) is 0 Å². The van der Waals surface area contributed by atoms with E-state index in [9.17, 15) is 18.4 Å². The lowest BCUT2D eigenvalue weighted by atomic mass is 10.2. The maximum absolute atomic E-state index is 13.2. The summed E-state index contributed by atoms with van der Waals surface area (Å²) in [7, 11) is 1.17. The molecule has 0 atom stereocenters. The highest BCUT2D eigenvalue weighted by Crippen LogP contribution is 2.32. The van der Waals surface area contributed by atoms with Crippen LogP contribution in [0.2, 0.25) is 0 Å². The zero-order chi connectivity index (χ0) is 14.6. The van der Waals surface area contributed by atoms with Crippen LogP contribution in [0.1, 0.15) is 10.4 Å². The van der Waals surface area contributed by atoms with Gasteiger partial charge in [0.25, 0.3) is 0 Å². The fraction of sp³-hybridized carbons (Fsp3) is 0.200. The van der Waals surface area contributed by atoms with E-state index in [4.69, 9.17) is 10.5 Å². The molecule has 2 amide bonds. The lowest BCUT2D eigenvalue weighted by molar-refractivity contribution is -0.193. The molecule has 7 nitrogen and oxygen atoms in total. The summed E-state index contributed by atoms with van der Waals surface area (Å²) in [5.74, 6) is 1.38. The maximum atomic E-state index is 13.2. The van der Waals surface area contributed by atoms with Gasteiger partial charge in [-0.25, -0.2) is 5.84 Å². The van der Waals surface area contributed by atoms with Crippen LogP contribution in [0.25, 0.3) is 0 Å². The van der Waals surface area contributed by atoms with Crippen molar-refractivity contribution in [1.29, 1.82) is 0 Å². The molecule has 0 aromatic heterocycles. The number of rotatable bonds is 5. The number of alkyl halides is 2. The first-order valence-electron chi connectivity index (χ1n) is 4.87. The van der Waals surface area contributed by atoms with Crippen molar-refractivity contribution in [2.75, 3.05) is 7.11 Å². The van der Waals surface area contributed by atoms with Gasteiger partial charge in [0.05, 0.1) is 7.11 Å². The molecule has 0 bridgehead atoms. The van der Waals surface area contributed by atoms with Crippen molar-refractivity contribution in [2.45, 2.75) is 6.11 Å². The van der Waals surface area contributed by atoms with Gasteiger partial charge in [-0.3, -0.25) is 15.0 Å². The molecule has 0 saturated carbocycles. The second-order valence-corrected chi connectivity index (χ2v) is 3.32. The number of methoxy groups -OCH3 is 1. The van der Waals surface area contributed by atoms with Crippen molar-refractivity contribution in [3.63, 3.8) is 0 Å². The summed E-state index contributed by atoms with van der Waals surface area (Å²) in [4.78, 5) is 21.7. The molecule has 19 heavy (non-hydrogen) atoms. The SMILES string of the molecule is COc1cc(C(N)=O)ccc1OC(F)(F)C(=O)NN. The Labute approximate surface area is 106 Å². The second-order valence-electron chi connectivity index (χ2n) is 3.32. The summed E-state index contributed by atoms with van der Waals surface area (Å²) in [5.41, 5.74) is 6.32. The Balaban J connectivity index is 3.08. The number of hydrogen-bond acceptors (Lipinski definition) is 5. The number of nitrogens with one attached hydrogen (secondary N) is 1. The molecule has 0 aliphatic rings. The number of hydrogen-bond donors (Lipinski definition) is 3. The predicted octanol–water partition coefficient (Wildman–Crippen LogP) is -0.244. The van der Waals surface area contributed by atoms with Gasteiger partial charge < -0.3 is 15.2 Å². The molecule has 1 aromatic carbocycles. The first kappa shape index (κ1) is 14.6. The molecule has 0 aliphatic carbocycles. The highest BCUT2D eigenvalue weighted by Gasteiger charge is 2.42. The minimum absolute atomic E-state index is 0.0378. The van der Waals surface area contributed by atoms with Crippen LogP contribution in [0.4, 0.5) is 8.78 Å². The molecule has 0 fully saturated rings. The van der Waals surface area contributed by atoms with Crippen molar-refractivity contribution >= 4 is 11.8 Å². The Bertz CT molecular complexity index is 508.